The lowest BCUT2D eigenvalue weighted by molar-refractivity contribution is -0.117. The maximum absolute atomic E-state index is 14.4. The van der Waals surface area contributed by atoms with E-state index in [1.54, 1.807) is 30.0 Å². The quantitative estimate of drug-likeness (QED) is 0.738. The predicted octanol–water partition coefficient (Wildman–Crippen LogP) is 4.01. The van der Waals surface area contributed by atoms with E-state index in [-0.39, 0.29) is 25.5 Å². The van der Waals surface area contributed by atoms with Crippen LogP contribution in [0, 0.1) is 18.6 Å². The highest BCUT2D eigenvalue weighted by molar-refractivity contribution is 5.91. The number of amides is 1. The molecular formula is C20H17F2N3O3. The number of hydrogen-bond donors (Lipinski definition) is 1. The van der Waals surface area contributed by atoms with Crippen LogP contribution in [0.2, 0.25) is 0 Å². The van der Waals surface area contributed by atoms with Crippen molar-refractivity contribution >= 4 is 11.7 Å². The van der Waals surface area contributed by atoms with E-state index in [9.17, 15) is 13.6 Å². The van der Waals surface area contributed by atoms with Crippen molar-refractivity contribution < 1.29 is 22.8 Å². The lowest BCUT2D eigenvalue weighted by Gasteiger charge is -2.27. The van der Waals surface area contributed by atoms with E-state index in [0.29, 0.717) is 34.2 Å². The minimum absolute atomic E-state index is 0.0460. The van der Waals surface area contributed by atoms with Crippen LogP contribution in [0.25, 0.3) is 0 Å². The second kappa shape index (κ2) is 7.40. The fraction of sp³-hybridized carbons (Fsp3) is 0.200. The second-order valence-electron chi connectivity index (χ2n) is 6.59. The summed E-state index contributed by atoms with van der Waals surface area (Å²) in [6, 6.07) is 10.3. The van der Waals surface area contributed by atoms with E-state index in [2.05, 4.69) is 10.5 Å². The molecule has 0 radical (unpaired) electrons. The van der Waals surface area contributed by atoms with E-state index in [0.717, 1.165) is 0 Å². The van der Waals surface area contributed by atoms with E-state index in [1.165, 1.54) is 24.3 Å². The molecule has 1 amide bonds. The van der Waals surface area contributed by atoms with E-state index < -0.39 is 11.6 Å². The standard InChI is InChI=1S/C20H17F2N3O3/c1-12-7-19(24-28-12)23-20(26)11-25-9-13-8-14(21)5-6-17(13)27-18-4-2-3-16(22)15(18)10-25/h2-8H,9-11H2,1H3,(H,23,24,26). The number of rotatable bonds is 3. The Morgan fingerprint density at radius 1 is 1.18 bits per heavy atom. The van der Waals surface area contributed by atoms with Gasteiger partial charge in [0, 0.05) is 30.3 Å². The maximum Gasteiger partial charge on any atom is 0.239 e. The Morgan fingerprint density at radius 3 is 2.82 bits per heavy atom. The molecule has 0 fully saturated rings. The van der Waals surface area contributed by atoms with Gasteiger partial charge in [-0.2, -0.15) is 0 Å². The molecule has 0 saturated heterocycles. The third kappa shape index (κ3) is 3.86. The van der Waals surface area contributed by atoms with Gasteiger partial charge >= 0.3 is 0 Å². The van der Waals surface area contributed by atoms with Crippen LogP contribution in [0.3, 0.4) is 0 Å². The summed E-state index contributed by atoms with van der Waals surface area (Å²) < 4.78 is 38.9. The van der Waals surface area contributed by atoms with Crippen LogP contribution < -0.4 is 10.1 Å². The number of ether oxygens (including phenoxy) is 1. The Labute approximate surface area is 159 Å². The summed E-state index contributed by atoms with van der Waals surface area (Å²) in [5.41, 5.74) is 0.905. The fourth-order valence-electron chi connectivity index (χ4n) is 3.12. The molecule has 1 aliphatic heterocycles. The molecule has 144 valence electrons. The van der Waals surface area contributed by atoms with Crippen LogP contribution in [0.4, 0.5) is 14.6 Å². The number of carbonyl (C=O) groups is 1. The monoisotopic (exact) mass is 385 g/mol. The van der Waals surface area contributed by atoms with Gasteiger partial charge in [0.25, 0.3) is 0 Å². The molecule has 0 spiro atoms. The molecule has 6 nitrogen and oxygen atoms in total. The highest BCUT2D eigenvalue weighted by Gasteiger charge is 2.23. The lowest BCUT2D eigenvalue weighted by atomic mass is 10.1. The molecule has 0 aliphatic carbocycles. The molecule has 1 aromatic heterocycles. The van der Waals surface area contributed by atoms with Crippen LogP contribution in [0.1, 0.15) is 16.9 Å². The number of aromatic nitrogens is 1. The molecule has 8 heteroatoms. The van der Waals surface area contributed by atoms with Crippen molar-refractivity contribution in [3.05, 3.63) is 71.0 Å². The Balaban J connectivity index is 1.62. The summed E-state index contributed by atoms with van der Waals surface area (Å²) in [5.74, 6) is 0.446. The van der Waals surface area contributed by atoms with Gasteiger partial charge in [0.2, 0.25) is 5.91 Å². The molecule has 2 heterocycles. The number of nitrogens with zero attached hydrogens (tertiary/aromatic N) is 2. The summed E-state index contributed by atoms with van der Waals surface area (Å²) >= 11 is 0. The summed E-state index contributed by atoms with van der Waals surface area (Å²) in [4.78, 5) is 14.1. The van der Waals surface area contributed by atoms with Crippen LogP contribution in [0.15, 0.2) is 47.0 Å². The van der Waals surface area contributed by atoms with E-state index in [1.807, 2.05) is 0 Å². The van der Waals surface area contributed by atoms with Gasteiger partial charge in [-0.3, -0.25) is 9.69 Å². The summed E-state index contributed by atoms with van der Waals surface area (Å²) in [6.45, 7) is 2.01. The number of halogens is 2. The van der Waals surface area contributed by atoms with Crippen molar-refractivity contribution in [2.24, 2.45) is 0 Å². The average Bonchev–Trinajstić information content (AvgIpc) is 3.03. The SMILES string of the molecule is Cc1cc(NC(=O)CN2Cc3cc(F)ccc3Oc3cccc(F)c3C2)no1. The molecular weight excluding hydrogens is 368 g/mol. The molecule has 0 unspecified atom stereocenters. The van der Waals surface area contributed by atoms with Crippen LogP contribution in [-0.2, 0) is 17.9 Å². The Morgan fingerprint density at radius 2 is 2.04 bits per heavy atom. The van der Waals surface area contributed by atoms with Gasteiger partial charge in [0.15, 0.2) is 5.82 Å². The van der Waals surface area contributed by atoms with Gasteiger partial charge in [-0.05, 0) is 37.3 Å². The number of carbonyl (C=O) groups excluding carboxylic acids is 1. The van der Waals surface area contributed by atoms with Gasteiger partial charge in [0.1, 0.15) is 28.9 Å². The zero-order valence-electron chi connectivity index (χ0n) is 15.0. The highest BCUT2D eigenvalue weighted by atomic mass is 19.1. The summed E-state index contributed by atoms with van der Waals surface area (Å²) in [5, 5.41) is 6.36. The third-order valence-electron chi connectivity index (χ3n) is 4.36. The third-order valence-corrected chi connectivity index (χ3v) is 4.36. The van der Waals surface area contributed by atoms with Crippen molar-refractivity contribution in [3.63, 3.8) is 0 Å². The first kappa shape index (κ1) is 18.1. The Hall–Kier alpha value is -3.26. The summed E-state index contributed by atoms with van der Waals surface area (Å²) in [6.07, 6.45) is 0. The van der Waals surface area contributed by atoms with E-state index in [4.69, 9.17) is 9.26 Å². The Bertz CT molecular complexity index is 1040. The van der Waals surface area contributed by atoms with Crippen molar-refractivity contribution in [2.45, 2.75) is 20.0 Å². The first-order valence-electron chi connectivity index (χ1n) is 8.67. The lowest BCUT2D eigenvalue weighted by Crippen LogP contribution is -2.33. The normalized spacial score (nSPS) is 13.7. The summed E-state index contributed by atoms with van der Waals surface area (Å²) in [7, 11) is 0. The molecule has 1 N–H and O–H groups in total. The maximum atomic E-state index is 14.4. The van der Waals surface area contributed by atoms with Crippen LogP contribution >= 0.6 is 0 Å². The minimum Gasteiger partial charge on any atom is -0.457 e. The topological polar surface area (TPSA) is 67.6 Å². The van der Waals surface area contributed by atoms with Crippen molar-refractivity contribution in [2.75, 3.05) is 11.9 Å². The number of benzene rings is 2. The zero-order valence-corrected chi connectivity index (χ0v) is 15.0. The smallest absolute Gasteiger partial charge is 0.239 e. The number of nitrogens with one attached hydrogen (secondary N) is 1. The highest BCUT2D eigenvalue weighted by Crippen LogP contribution is 2.34. The molecule has 3 aromatic rings. The molecule has 4 rings (SSSR count). The van der Waals surface area contributed by atoms with Crippen molar-refractivity contribution in [3.8, 4) is 11.5 Å². The minimum atomic E-state index is -0.430. The second-order valence-corrected chi connectivity index (χ2v) is 6.59. The van der Waals surface area contributed by atoms with Crippen LogP contribution in [0.5, 0.6) is 11.5 Å². The van der Waals surface area contributed by atoms with Gasteiger partial charge < -0.3 is 14.6 Å². The molecule has 2 aromatic carbocycles. The molecule has 0 saturated carbocycles. The zero-order chi connectivity index (χ0) is 19.7. The van der Waals surface area contributed by atoms with Gasteiger partial charge in [-0.15, -0.1) is 0 Å². The van der Waals surface area contributed by atoms with Gasteiger partial charge in [0.05, 0.1) is 6.54 Å². The first-order valence-corrected chi connectivity index (χ1v) is 8.67. The number of aryl methyl sites for hydroxylation is 1. The van der Waals surface area contributed by atoms with Gasteiger partial charge in [-0.1, -0.05) is 11.2 Å². The van der Waals surface area contributed by atoms with Crippen molar-refractivity contribution in [1.29, 1.82) is 0 Å². The predicted molar refractivity (Wildman–Crippen MR) is 96.9 cm³/mol. The molecule has 28 heavy (non-hydrogen) atoms. The number of fused-ring (bicyclic) bond motifs is 2. The number of hydrogen-bond acceptors (Lipinski definition) is 5. The number of anilines is 1. The van der Waals surface area contributed by atoms with E-state index >= 15 is 0 Å². The molecule has 1 aliphatic rings. The average molecular weight is 385 g/mol. The van der Waals surface area contributed by atoms with Crippen LogP contribution in [-0.4, -0.2) is 22.5 Å². The fourth-order valence-corrected chi connectivity index (χ4v) is 3.12. The largest absolute Gasteiger partial charge is 0.457 e. The van der Waals surface area contributed by atoms with Gasteiger partial charge in [-0.25, -0.2) is 8.78 Å². The molecule has 0 atom stereocenters. The van der Waals surface area contributed by atoms with Crippen molar-refractivity contribution in [1.82, 2.24) is 10.1 Å². The molecule has 0 bridgehead atoms. The Kier molecular flexibility index (Phi) is 4.79. The first-order chi connectivity index (χ1) is 13.5.